The third-order valence-corrected chi connectivity index (χ3v) is 9.00. The highest BCUT2D eigenvalue weighted by atomic mass is 28.4. The number of amides is 1. The van der Waals surface area contributed by atoms with Crippen molar-refractivity contribution < 1.29 is 14.0 Å². The first kappa shape index (κ1) is 17.6. The molecule has 0 N–H and O–H groups in total. The Kier molecular flexibility index (Phi) is 5.18. The van der Waals surface area contributed by atoms with Gasteiger partial charge in [-0.05, 0) is 36.2 Å². The van der Waals surface area contributed by atoms with Gasteiger partial charge in [0.2, 0.25) is 0 Å². The van der Waals surface area contributed by atoms with Crippen molar-refractivity contribution >= 4 is 14.4 Å². The molecule has 1 aliphatic heterocycles. The van der Waals surface area contributed by atoms with Crippen molar-refractivity contribution in [2.24, 2.45) is 0 Å². The van der Waals surface area contributed by atoms with E-state index in [1.807, 2.05) is 30.3 Å². The quantitative estimate of drug-likeness (QED) is 0.624. The minimum atomic E-state index is -1.85. The predicted octanol–water partition coefficient (Wildman–Crippen LogP) is 3.84. The summed E-state index contributed by atoms with van der Waals surface area (Å²) in [7, 11) is -1.85. The third kappa shape index (κ3) is 4.37. The minimum absolute atomic E-state index is 0.136. The van der Waals surface area contributed by atoms with Crippen molar-refractivity contribution in [2.45, 2.75) is 44.9 Å². The van der Waals surface area contributed by atoms with E-state index in [4.69, 9.17) is 9.16 Å². The van der Waals surface area contributed by atoms with E-state index in [9.17, 15) is 4.79 Å². The Morgan fingerprint density at radius 3 is 2.57 bits per heavy atom. The van der Waals surface area contributed by atoms with Crippen LogP contribution in [0, 0.1) is 12.0 Å². The maximum Gasteiger partial charge on any atom is 0.422 e. The number of rotatable bonds is 3. The molecule has 4 nitrogen and oxygen atoms in total. The summed E-state index contributed by atoms with van der Waals surface area (Å²) in [5, 5.41) is 0.136. The van der Waals surface area contributed by atoms with Crippen LogP contribution in [-0.4, -0.2) is 38.6 Å². The first-order valence-corrected chi connectivity index (χ1v) is 10.8. The van der Waals surface area contributed by atoms with Crippen molar-refractivity contribution in [1.82, 2.24) is 4.90 Å². The molecular weight excluding hydrogens is 306 g/mol. The van der Waals surface area contributed by atoms with E-state index in [1.54, 1.807) is 0 Å². The van der Waals surface area contributed by atoms with Gasteiger partial charge < -0.3 is 9.16 Å². The Morgan fingerprint density at radius 1 is 1.30 bits per heavy atom. The van der Waals surface area contributed by atoms with Gasteiger partial charge in [0.05, 0.1) is 6.61 Å². The summed E-state index contributed by atoms with van der Waals surface area (Å²) in [5.74, 6) is 3.01. The van der Waals surface area contributed by atoms with Crippen LogP contribution in [-0.2, 0) is 9.16 Å². The minimum Gasteiger partial charge on any atom is -0.446 e. The van der Waals surface area contributed by atoms with E-state index < -0.39 is 14.4 Å². The lowest BCUT2D eigenvalue weighted by Gasteiger charge is -2.37. The van der Waals surface area contributed by atoms with Gasteiger partial charge in [0.15, 0.2) is 8.32 Å². The van der Waals surface area contributed by atoms with Crippen LogP contribution >= 0.6 is 0 Å². The molecule has 1 heterocycles. The van der Waals surface area contributed by atoms with E-state index in [0.29, 0.717) is 13.2 Å². The fourth-order valence-electron chi connectivity index (χ4n) is 1.89. The van der Waals surface area contributed by atoms with Gasteiger partial charge in [-0.2, -0.15) is 0 Å². The summed E-state index contributed by atoms with van der Waals surface area (Å²) in [6.45, 7) is 11.8. The van der Waals surface area contributed by atoms with Crippen LogP contribution < -0.4 is 0 Å². The van der Waals surface area contributed by atoms with Crippen LogP contribution in [0.15, 0.2) is 30.3 Å². The number of nitrogens with zero attached hydrogens (tertiary/aromatic N) is 1. The van der Waals surface area contributed by atoms with Gasteiger partial charge in [-0.3, -0.25) is 0 Å². The molecule has 1 aliphatic rings. The molecule has 1 atom stereocenters. The van der Waals surface area contributed by atoms with Gasteiger partial charge in [-0.25, -0.2) is 9.69 Å². The van der Waals surface area contributed by atoms with Crippen LogP contribution in [0.25, 0.3) is 0 Å². The molecule has 124 valence electrons. The summed E-state index contributed by atoms with van der Waals surface area (Å²) < 4.78 is 11.3. The Hall–Kier alpha value is -1.77. The number of carbonyl (C=O) groups excluding carboxylic acids is 1. The lowest BCUT2D eigenvalue weighted by molar-refractivity contribution is 0.167. The standard InChI is InChI=1S/C18H25NO3Si/c1-18(2,3)23(4,5)22-14-16-13-21-17(20)19(16)12-11-15-9-7-6-8-10-15/h6-10,16H,13-14H2,1-5H3/t16-/m0/s1. The molecule has 0 radical (unpaired) electrons. The van der Waals surface area contributed by atoms with Gasteiger partial charge in [-0.15, -0.1) is 0 Å². The number of benzene rings is 1. The van der Waals surface area contributed by atoms with Gasteiger partial charge >= 0.3 is 6.09 Å². The van der Waals surface area contributed by atoms with Crippen molar-refractivity contribution in [3.8, 4) is 12.0 Å². The van der Waals surface area contributed by atoms with E-state index >= 15 is 0 Å². The summed E-state index contributed by atoms with van der Waals surface area (Å²) in [6, 6.07) is 12.4. The van der Waals surface area contributed by atoms with Crippen LogP contribution in [0.3, 0.4) is 0 Å². The highest BCUT2D eigenvalue weighted by Crippen LogP contribution is 2.36. The van der Waals surface area contributed by atoms with Crippen molar-refractivity contribution in [1.29, 1.82) is 0 Å². The number of cyclic esters (lactones) is 1. The largest absolute Gasteiger partial charge is 0.446 e. The average molecular weight is 331 g/mol. The molecular formula is C18H25NO3Si. The molecule has 0 aliphatic carbocycles. The SMILES string of the molecule is CC(C)(C)[Si](C)(C)OC[C@@H]1COC(=O)N1C#Cc1ccccc1. The summed E-state index contributed by atoms with van der Waals surface area (Å²) in [4.78, 5) is 13.3. The number of hydrogen-bond acceptors (Lipinski definition) is 3. The molecule has 5 heteroatoms. The molecule has 0 saturated carbocycles. The molecule has 0 spiro atoms. The van der Waals surface area contributed by atoms with Crippen molar-refractivity contribution in [3.63, 3.8) is 0 Å². The zero-order valence-electron chi connectivity index (χ0n) is 14.6. The Labute approximate surface area is 139 Å². The number of hydrogen-bond donors (Lipinski definition) is 0. The molecule has 0 aromatic heterocycles. The summed E-state index contributed by atoms with van der Waals surface area (Å²) in [5.41, 5.74) is 0.872. The zero-order chi connectivity index (χ0) is 17.1. The molecule has 0 bridgehead atoms. The van der Waals surface area contributed by atoms with Gasteiger partial charge in [0.1, 0.15) is 12.6 Å². The molecule has 1 saturated heterocycles. The molecule has 1 aromatic rings. The van der Waals surface area contributed by atoms with E-state index in [1.165, 1.54) is 4.90 Å². The van der Waals surface area contributed by atoms with Crippen LogP contribution in [0.5, 0.6) is 0 Å². The first-order chi connectivity index (χ1) is 10.7. The molecule has 1 amide bonds. The lowest BCUT2D eigenvalue weighted by atomic mass is 10.2. The average Bonchev–Trinajstić information content (AvgIpc) is 2.83. The second kappa shape index (κ2) is 6.77. The van der Waals surface area contributed by atoms with Gasteiger partial charge in [0.25, 0.3) is 0 Å². The second-order valence-corrected chi connectivity index (χ2v) is 12.1. The molecule has 1 aromatic carbocycles. The topological polar surface area (TPSA) is 38.8 Å². The number of carbonyl (C=O) groups is 1. The maximum absolute atomic E-state index is 11.9. The molecule has 23 heavy (non-hydrogen) atoms. The summed E-state index contributed by atoms with van der Waals surface area (Å²) >= 11 is 0. The molecule has 0 unspecified atom stereocenters. The Balaban J connectivity index is 2.05. The normalized spacial score (nSPS) is 18.4. The van der Waals surface area contributed by atoms with Crippen LogP contribution in [0.4, 0.5) is 4.79 Å². The fraction of sp³-hybridized carbons (Fsp3) is 0.500. The smallest absolute Gasteiger partial charge is 0.422 e. The van der Waals surface area contributed by atoms with E-state index in [-0.39, 0.29) is 11.1 Å². The first-order valence-electron chi connectivity index (χ1n) is 7.87. The second-order valence-electron chi connectivity index (χ2n) is 7.27. The highest BCUT2D eigenvalue weighted by molar-refractivity contribution is 6.74. The molecule has 1 fully saturated rings. The fourth-order valence-corrected chi connectivity index (χ4v) is 2.93. The number of ether oxygens (including phenoxy) is 1. The third-order valence-electron chi connectivity index (χ3n) is 4.50. The van der Waals surface area contributed by atoms with E-state index in [2.05, 4.69) is 45.8 Å². The summed E-state index contributed by atoms with van der Waals surface area (Å²) in [6.07, 6.45) is -0.391. The van der Waals surface area contributed by atoms with Crippen molar-refractivity contribution in [2.75, 3.05) is 13.2 Å². The van der Waals surface area contributed by atoms with Crippen molar-refractivity contribution in [3.05, 3.63) is 35.9 Å². The van der Waals surface area contributed by atoms with Gasteiger partial charge in [-0.1, -0.05) is 39.0 Å². The monoisotopic (exact) mass is 331 g/mol. The maximum atomic E-state index is 11.9. The molecule has 2 rings (SSSR count). The highest BCUT2D eigenvalue weighted by Gasteiger charge is 2.40. The van der Waals surface area contributed by atoms with Crippen LogP contribution in [0.2, 0.25) is 18.1 Å². The zero-order valence-corrected chi connectivity index (χ0v) is 15.6. The van der Waals surface area contributed by atoms with Gasteiger partial charge in [0, 0.05) is 11.6 Å². The Morgan fingerprint density at radius 2 is 1.96 bits per heavy atom. The van der Waals surface area contributed by atoms with Crippen LogP contribution in [0.1, 0.15) is 26.3 Å². The van der Waals surface area contributed by atoms with E-state index in [0.717, 1.165) is 5.56 Å². The Bertz CT molecular complexity index is 611. The lowest BCUT2D eigenvalue weighted by Crippen LogP contribution is -2.45. The predicted molar refractivity (Wildman–Crippen MR) is 93.4 cm³/mol.